The van der Waals surface area contributed by atoms with Crippen molar-refractivity contribution in [2.45, 2.75) is 19.5 Å². The fraction of sp³-hybridized carbons (Fsp3) is 0.385. The highest BCUT2D eigenvalue weighted by molar-refractivity contribution is 5.51. The third kappa shape index (κ3) is 2.94. The number of aliphatic hydroxyl groups is 1. The van der Waals surface area contributed by atoms with Crippen LogP contribution in [0.15, 0.2) is 34.7 Å². The van der Waals surface area contributed by atoms with Gasteiger partial charge in [0, 0.05) is 11.6 Å². The second-order valence-corrected chi connectivity index (χ2v) is 4.31. The summed E-state index contributed by atoms with van der Waals surface area (Å²) >= 11 is 0. The zero-order valence-corrected chi connectivity index (χ0v) is 10.6. The van der Waals surface area contributed by atoms with Gasteiger partial charge in [-0.3, -0.25) is 4.90 Å². The lowest BCUT2D eigenvalue weighted by atomic mass is 10.2. The molecule has 18 heavy (non-hydrogen) atoms. The number of hydrogen-bond donors (Lipinski definition) is 1. The Morgan fingerprint density at radius 2 is 2.00 bits per heavy atom. The Morgan fingerprint density at radius 3 is 2.67 bits per heavy atom. The molecule has 2 rings (SSSR count). The van der Waals surface area contributed by atoms with Gasteiger partial charge in [0.05, 0.1) is 13.2 Å². The van der Waals surface area contributed by atoms with Crippen LogP contribution in [0.4, 0.5) is 0 Å². The molecule has 0 spiro atoms. The first-order chi connectivity index (χ1) is 8.70. The van der Waals surface area contributed by atoms with E-state index in [1.807, 2.05) is 49.2 Å². The van der Waals surface area contributed by atoms with E-state index in [1.54, 1.807) is 0 Å². The Hall–Kier alpha value is -1.72. The van der Waals surface area contributed by atoms with Crippen molar-refractivity contribution in [3.8, 4) is 11.5 Å². The van der Waals surface area contributed by atoms with Crippen molar-refractivity contribution in [2.24, 2.45) is 0 Å². The first-order valence-electron chi connectivity index (χ1n) is 5.89. The molecule has 0 aliphatic heterocycles. The van der Waals surface area contributed by atoms with Crippen LogP contribution in [0.3, 0.4) is 0 Å². The smallest absolute Gasteiger partial charge is 0.247 e. The third-order valence-electron chi connectivity index (χ3n) is 2.89. The van der Waals surface area contributed by atoms with Gasteiger partial charge in [-0.05, 0) is 26.1 Å². The molecule has 5 nitrogen and oxygen atoms in total. The molecule has 0 radical (unpaired) electrons. The number of nitrogens with zero attached hydrogens (tertiary/aromatic N) is 3. The van der Waals surface area contributed by atoms with Gasteiger partial charge >= 0.3 is 0 Å². The van der Waals surface area contributed by atoms with Crippen molar-refractivity contribution in [1.29, 1.82) is 0 Å². The molecule has 2 aromatic rings. The van der Waals surface area contributed by atoms with Gasteiger partial charge in [-0.2, -0.15) is 0 Å². The number of aliphatic hydroxyl groups excluding tert-OH is 1. The zero-order valence-electron chi connectivity index (χ0n) is 10.6. The average molecular weight is 247 g/mol. The first kappa shape index (κ1) is 12.7. The molecule has 1 aromatic carbocycles. The molecular weight excluding hydrogens is 230 g/mol. The molecule has 0 bridgehead atoms. The molecular formula is C13H17N3O2. The van der Waals surface area contributed by atoms with Crippen molar-refractivity contribution < 1.29 is 9.52 Å². The van der Waals surface area contributed by atoms with Gasteiger partial charge in [0.1, 0.15) is 0 Å². The monoisotopic (exact) mass is 247 g/mol. The summed E-state index contributed by atoms with van der Waals surface area (Å²) in [6, 6.07) is 9.72. The molecule has 0 aliphatic carbocycles. The summed E-state index contributed by atoms with van der Waals surface area (Å²) in [5.41, 5.74) is 0.911. The minimum absolute atomic E-state index is 0.0667. The quantitative estimate of drug-likeness (QED) is 0.868. The Kier molecular flexibility index (Phi) is 4.07. The van der Waals surface area contributed by atoms with Gasteiger partial charge in [0.25, 0.3) is 0 Å². The van der Waals surface area contributed by atoms with Crippen LogP contribution in [-0.4, -0.2) is 39.9 Å². The summed E-state index contributed by atoms with van der Waals surface area (Å²) in [5.74, 6) is 1.08. The zero-order chi connectivity index (χ0) is 13.0. The van der Waals surface area contributed by atoms with Crippen LogP contribution in [0.2, 0.25) is 0 Å². The summed E-state index contributed by atoms with van der Waals surface area (Å²) in [5, 5.41) is 17.1. The second-order valence-electron chi connectivity index (χ2n) is 4.31. The van der Waals surface area contributed by atoms with Crippen molar-refractivity contribution in [3.63, 3.8) is 0 Å². The van der Waals surface area contributed by atoms with Gasteiger partial charge < -0.3 is 9.52 Å². The Bertz CT molecular complexity index is 484. The van der Waals surface area contributed by atoms with Gasteiger partial charge in [0.15, 0.2) is 0 Å². The SMILES string of the molecule is CC(CO)N(C)Cc1nnc(-c2ccccc2)o1. The molecule has 0 amide bonds. The van der Waals surface area contributed by atoms with E-state index in [1.165, 1.54) is 0 Å². The van der Waals surface area contributed by atoms with Crippen LogP contribution < -0.4 is 0 Å². The van der Waals surface area contributed by atoms with E-state index in [0.29, 0.717) is 18.3 Å². The van der Waals surface area contributed by atoms with Crippen LogP contribution in [-0.2, 0) is 6.54 Å². The minimum Gasteiger partial charge on any atom is -0.419 e. The highest BCUT2D eigenvalue weighted by Crippen LogP contribution is 2.17. The normalized spacial score (nSPS) is 12.9. The molecule has 1 heterocycles. The Morgan fingerprint density at radius 1 is 1.28 bits per heavy atom. The van der Waals surface area contributed by atoms with Crippen LogP contribution in [0.5, 0.6) is 0 Å². The van der Waals surface area contributed by atoms with E-state index in [-0.39, 0.29) is 12.6 Å². The number of likely N-dealkylation sites (N-methyl/N-ethyl adjacent to an activating group) is 1. The summed E-state index contributed by atoms with van der Waals surface area (Å²) in [4.78, 5) is 1.96. The predicted octanol–water partition coefficient (Wildman–Crippen LogP) is 1.55. The van der Waals surface area contributed by atoms with E-state index in [2.05, 4.69) is 10.2 Å². The molecule has 1 aromatic heterocycles. The minimum atomic E-state index is 0.0667. The van der Waals surface area contributed by atoms with Crippen LogP contribution in [0, 0.1) is 0 Å². The maximum Gasteiger partial charge on any atom is 0.247 e. The Balaban J connectivity index is 2.07. The van der Waals surface area contributed by atoms with Crippen molar-refractivity contribution in [1.82, 2.24) is 15.1 Å². The molecule has 0 fully saturated rings. The van der Waals surface area contributed by atoms with E-state index in [9.17, 15) is 0 Å². The molecule has 96 valence electrons. The lowest BCUT2D eigenvalue weighted by molar-refractivity contribution is 0.145. The van der Waals surface area contributed by atoms with Gasteiger partial charge in [-0.25, -0.2) is 0 Å². The van der Waals surface area contributed by atoms with Crippen molar-refractivity contribution >= 4 is 0 Å². The van der Waals surface area contributed by atoms with E-state index in [4.69, 9.17) is 9.52 Å². The fourth-order valence-electron chi connectivity index (χ4n) is 1.52. The summed E-state index contributed by atoms with van der Waals surface area (Å²) in [6.07, 6.45) is 0. The highest BCUT2D eigenvalue weighted by atomic mass is 16.4. The number of rotatable bonds is 5. The van der Waals surface area contributed by atoms with Crippen molar-refractivity contribution in [2.75, 3.05) is 13.7 Å². The predicted molar refractivity (Wildman–Crippen MR) is 67.7 cm³/mol. The molecule has 5 heteroatoms. The van der Waals surface area contributed by atoms with Gasteiger partial charge in [-0.1, -0.05) is 18.2 Å². The molecule has 0 saturated heterocycles. The fourth-order valence-corrected chi connectivity index (χ4v) is 1.52. The molecule has 1 N–H and O–H groups in total. The van der Waals surface area contributed by atoms with Gasteiger partial charge in [0.2, 0.25) is 11.8 Å². The van der Waals surface area contributed by atoms with Crippen LogP contribution in [0.1, 0.15) is 12.8 Å². The lowest BCUT2D eigenvalue weighted by Crippen LogP contribution is -2.31. The third-order valence-corrected chi connectivity index (χ3v) is 2.89. The summed E-state index contributed by atoms with van der Waals surface area (Å²) in [7, 11) is 1.91. The molecule has 0 saturated carbocycles. The molecule has 1 atom stereocenters. The number of benzene rings is 1. The average Bonchev–Trinajstić information content (AvgIpc) is 2.87. The number of aromatic nitrogens is 2. The standard InChI is InChI=1S/C13H17N3O2/c1-10(9-17)16(2)8-12-14-15-13(18-12)11-6-4-3-5-7-11/h3-7,10,17H,8-9H2,1-2H3. The maximum atomic E-state index is 9.06. The maximum absolute atomic E-state index is 9.06. The van der Waals surface area contributed by atoms with E-state index in [0.717, 1.165) is 5.56 Å². The van der Waals surface area contributed by atoms with Crippen LogP contribution in [0.25, 0.3) is 11.5 Å². The van der Waals surface area contributed by atoms with E-state index < -0.39 is 0 Å². The molecule has 0 aliphatic rings. The van der Waals surface area contributed by atoms with Crippen LogP contribution >= 0.6 is 0 Å². The number of hydrogen-bond acceptors (Lipinski definition) is 5. The van der Waals surface area contributed by atoms with E-state index >= 15 is 0 Å². The summed E-state index contributed by atoms with van der Waals surface area (Å²) in [6.45, 7) is 2.58. The topological polar surface area (TPSA) is 62.4 Å². The largest absolute Gasteiger partial charge is 0.419 e. The summed E-state index contributed by atoms with van der Waals surface area (Å²) < 4.78 is 5.59. The second kappa shape index (κ2) is 5.75. The lowest BCUT2D eigenvalue weighted by Gasteiger charge is -2.20. The van der Waals surface area contributed by atoms with Crippen molar-refractivity contribution in [3.05, 3.63) is 36.2 Å². The first-order valence-corrected chi connectivity index (χ1v) is 5.89. The Labute approximate surface area is 106 Å². The molecule has 1 unspecified atom stereocenters. The van der Waals surface area contributed by atoms with Gasteiger partial charge in [-0.15, -0.1) is 10.2 Å². The highest BCUT2D eigenvalue weighted by Gasteiger charge is 2.13.